The largest absolute Gasteiger partial charge is 0.368 e. The van der Waals surface area contributed by atoms with E-state index < -0.39 is 11.9 Å². The van der Waals surface area contributed by atoms with Crippen LogP contribution in [0.2, 0.25) is 0 Å². The Morgan fingerprint density at radius 1 is 1.10 bits per heavy atom. The molecule has 1 aliphatic heterocycles. The fourth-order valence-electron chi connectivity index (χ4n) is 3.52. The highest BCUT2D eigenvalue weighted by molar-refractivity contribution is 5.97. The highest BCUT2D eigenvalue weighted by atomic mass is 16.2. The molecule has 3 aromatic heterocycles. The van der Waals surface area contributed by atoms with E-state index in [1.807, 2.05) is 38.1 Å². The number of primary amides is 1. The predicted octanol–water partition coefficient (Wildman–Crippen LogP) is 2.04. The number of hydrogen-bond donors (Lipinski definition) is 1. The number of carbonyl (C=O) groups excluding carboxylic acids is 2. The van der Waals surface area contributed by atoms with Crippen LogP contribution in [0.25, 0.3) is 17.1 Å². The average Bonchev–Trinajstić information content (AvgIpc) is 3.36. The molecule has 1 aliphatic rings. The van der Waals surface area contributed by atoms with E-state index in [1.54, 1.807) is 23.1 Å². The summed E-state index contributed by atoms with van der Waals surface area (Å²) in [5.41, 5.74) is 9.73. The number of aryl methyl sites for hydroxylation is 2. The summed E-state index contributed by atoms with van der Waals surface area (Å²) < 4.78 is 1.66. The number of pyridine rings is 2. The van der Waals surface area contributed by atoms with Gasteiger partial charge in [-0.15, -0.1) is 0 Å². The van der Waals surface area contributed by atoms with E-state index in [0.717, 1.165) is 23.4 Å². The number of nitrogens with two attached hydrogens (primary N) is 1. The van der Waals surface area contributed by atoms with E-state index in [1.165, 1.54) is 4.90 Å². The van der Waals surface area contributed by atoms with Gasteiger partial charge in [0.2, 0.25) is 5.91 Å². The van der Waals surface area contributed by atoms with E-state index in [-0.39, 0.29) is 11.6 Å². The molecule has 8 nitrogen and oxygen atoms in total. The van der Waals surface area contributed by atoms with Crippen LogP contribution in [-0.4, -0.2) is 49.0 Å². The van der Waals surface area contributed by atoms with Crippen molar-refractivity contribution in [3.63, 3.8) is 0 Å². The molecule has 0 radical (unpaired) electrons. The minimum Gasteiger partial charge on any atom is -0.368 e. The van der Waals surface area contributed by atoms with Crippen molar-refractivity contribution in [1.29, 1.82) is 0 Å². The third kappa shape index (κ3) is 3.61. The van der Waals surface area contributed by atoms with E-state index in [2.05, 4.69) is 15.1 Å². The Labute approximate surface area is 168 Å². The first kappa shape index (κ1) is 18.8. The van der Waals surface area contributed by atoms with E-state index in [9.17, 15) is 9.59 Å². The zero-order chi connectivity index (χ0) is 20.5. The Balaban J connectivity index is 1.79. The zero-order valence-corrected chi connectivity index (χ0v) is 16.4. The molecular formula is C21H22N6O2. The summed E-state index contributed by atoms with van der Waals surface area (Å²) in [6, 6.07) is 8.74. The van der Waals surface area contributed by atoms with Gasteiger partial charge in [-0.2, -0.15) is 5.10 Å². The lowest BCUT2D eigenvalue weighted by Crippen LogP contribution is -2.43. The second-order valence-electron chi connectivity index (χ2n) is 7.26. The number of hydrogen-bond acceptors (Lipinski definition) is 5. The van der Waals surface area contributed by atoms with E-state index in [4.69, 9.17) is 5.73 Å². The summed E-state index contributed by atoms with van der Waals surface area (Å²) in [7, 11) is 0. The van der Waals surface area contributed by atoms with Crippen molar-refractivity contribution in [2.75, 3.05) is 6.54 Å². The minimum atomic E-state index is -0.588. The maximum absolute atomic E-state index is 13.1. The standard InChI is InChI=1S/C21H22N6O2/c1-13-5-8-16(24-11-13)19-10-17(21(29)26-9-3-4-18(26)20(22)28)25-27(19)15-7-6-14(2)23-12-15/h5-8,10-12,18H,3-4,9H2,1-2H3,(H2,22,28)/t18-/m0/s1. The molecule has 2 amide bonds. The lowest BCUT2D eigenvalue weighted by Gasteiger charge is -2.20. The normalized spacial score (nSPS) is 16.2. The summed E-state index contributed by atoms with van der Waals surface area (Å²) >= 11 is 0. The molecule has 0 bridgehead atoms. The second-order valence-corrected chi connectivity index (χ2v) is 7.26. The first-order chi connectivity index (χ1) is 13.9. The fourth-order valence-corrected chi connectivity index (χ4v) is 3.52. The first-order valence-electron chi connectivity index (χ1n) is 9.50. The van der Waals surface area contributed by atoms with Gasteiger partial charge >= 0.3 is 0 Å². The Bertz CT molecular complexity index is 993. The van der Waals surface area contributed by atoms with Crippen molar-refractivity contribution in [3.05, 3.63) is 59.7 Å². The second kappa shape index (κ2) is 7.46. The lowest BCUT2D eigenvalue weighted by atomic mass is 10.2. The van der Waals surface area contributed by atoms with Crippen molar-refractivity contribution in [2.24, 2.45) is 5.73 Å². The number of likely N-dealkylation sites (tertiary alicyclic amines) is 1. The van der Waals surface area contributed by atoms with Crippen molar-refractivity contribution in [1.82, 2.24) is 24.6 Å². The molecule has 2 N–H and O–H groups in total. The quantitative estimate of drug-likeness (QED) is 0.733. The molecule has 0 spiro atoms. The smallest absolute Gasteiger partial charge is 0.275 e. The fraction of sp³-hybridized carbons (Fsp3) is 0.286. The molecule has 0 unspecified atom stereocenters. The van der Waals surface area contributed by atoms with Crippen LogP contribution >= 0.6 is 0 Å². The highest BCUT2D eigenvalue weighted by Crippen LogP contribution is 2.25. The maximum Gasteiger partial charge on any atom is 0.275 e. The summed E-state index contributed by atoms with van der Waals surface area (Å²) in [4.78, 5) is 35.1. The zero-order valence-electron chi connectivity index (χ0n) is 16.4. The van der Waals surface area contributed by atoms with Crippen molar-refractivity contribution in [3.8, 4) is 17.1 Å². The Kier molecular flexibility index (Phi) is 4.84. The molecule has 8 heteroatoms. The van der Waals surface area contributed by atoms with Crippen molar-refractivity contribution in [2.45, 2.75) is 32.7 Å². The van der Waals surface area contributed by atoms with Gasteiger partial charge in [0.05, 0.1) is 23.3 Å². The van der Waals surface area contributed by atoms with Crippen LogP contribution < -0.4 is 5.73 Å². The summed E-state index contributed by atoms with van der Waals surface area (Å²) in [6.45, 7) is 4.36. The minimum absolute atomic E-state index is 0.246. The molecule has 1 saturated heterocycles. The summed E-state index contributed by atoms with van der Waals surface area (Å²) in [6.07, 6.45) is 4.80. The Morgan fingerprint density at radius 2 is 1.93 bits per heavy atom. The summed E-state index contributed by atoms with van der Waals surface area (Å²) in [5, 5.41) is 4.54. The predicted molar refractivity (Wildman–Crippen MR) is 107 cm³/mol. The van der Waals surface area contributed by atoms with Crippen LogP contribution in [0, 0.1) is 13.8 Å². The van der Waals surface area contributed by atoms with Crippen LogP contribution in [0.15, 0.2) is 42.7 Å². The lowest BCUT2D eigenvalue weighted by molar-refractivity contribution is -0.121. The highest BCUT2D eigenvalue weighted by Gasteiger charge is 2.34. The Morgan fingerprint density at radius 3 is 2.59 bits per heavy atom. The molecule has 0 aromatic carbocycles. The van der Waals surface area contributed by atoms with Gasteiger partial charge in [-0.3, -0.25) is 19.6 Å². The third-order valence-electron chi connectivity index (χ3n) is 5.08. The van der Waals surface area contributed by atoms with Crippen LogP contribution in [0.5, 0.6) is 0 Å². The monoisotopic (exact) mass is 390 g/mol. The molecule has 4 rings (SSSR count). The first-order valence-corrected chi connectivity index (χ1v) is 9.50. The van der Waals surface area contributed by atoms with Gasteiger partial charge in [-0.05, 0) is 56.5 Å². The Hall–Kier alpha value is -3.55. The van der Waals surface area contributed by atoms with Crippen molar-refractivity contribution < 1.29 is 9.59 Å². The average molecular weight is 390 g/mol. The number of nitrogens with zero attached hydrogens (tertiary/aromatic N) is 5. The molecule has 1 atom stereocenters. The topological polar surface area (TPSA) is 107 Å². The van der Waals surface area contributed by atoms with Crippen molar-refractivity contribution >= 4 is 11.8 Å². The van der Waals surface area contributed by atoms with Gasteiger partial charge in [0.25, 0.3) is 5.91 Å². The number of rotatable bonds is 4. The van der Waals surface area contributed by atoms with Crippen LogP contribution in [0.1, 0.15) is 34.6 Å². The number of aromatic nitrogens is 4. The van der Waals surface area contributed by atoms with Gasteiger partial charge in [0, 0.05) is 18.4 Å². The molecule has 0 saturated carbocycles. The number of carbonyl (C=O) groups is 2. The molecule has 3 aromatic rings. The van der Waals surface area contributed by atoms with Crippen LogP contribution in [0.4, 0.5) is 0 Å². The van der Waals surface area contributed by atoms with Gasteiger partial charge in [-0.25, -0.2) is 4.68 Å². The summed E-state index contributed by atoms with van der Waals surface area (Å²) in [5.74, 6) is -0.795. The van der Waals surface area contributed by atoms with Gasteiger partial charge in [-0.1, -0.05) is 6.07 Å². The SMILES string of the molecule is Cc1ccc(-c2cc(C(=O)N3CCC[C@H]3C(N)=O)nn2-c2ccc(C)nc2)nc1. The van der Waals surface area contributed by atoms with Gasteiger partial charge in [0.15, 0.2) is 5.69 Å². The molecule has 29 heavy (non-hydrogen) atoms. The van der Waals surface area contributed by atoms with Crippen LogP contribution in [-0.2, 0) is 4.79 Å². The van der Waals surface area contributed by atoms with E-state index in [0.29, 0.717) is 24.4 Å². The van der Waals surface area contributed by atoms with Gasteiger partial charge < -0.3 is 10.6 Å². The molecule has 0 aliphatic carbocycles. The molecular weight excluding hydrogens is 368 g/mol. The van der Waals surface area contributed by atoms with Gasteiger partial charge in [0.1, 0.15) is 6.04 Å². The van der Waals surface area contributed by atoms with Crippen LogP contribution in [0.3, 0.4) is 0 Å². The molecule has 148 valence electrons. The maximum atomic E-state index is 13.1. The molecule has 1 fully saturated rings. The number of amides is 2. The van der Waals surface area contributed by atoms with E-state index >= 15 is 0 Å². The molecule has 4 heterocycles. The third-order valence-corrected chi connectivity index (χ3v) is 5.08.